The van der Waals surface area contributed by atoms with Crippen LogP contribution >= 0.6 is 0 Å². The van der Waals surface area contributed by atoms with Gasteiger partial charge in [-0.2, -0.15) is 0 Å². The van der Waals surface area contributed by atoms with E-state index in [2.05, 4.69) is 61.4 Å². The zero-order valence-electron chi connectivity index (χ0n) is 14.8. The molecule has 2 rings (SSSR count). The van der Waals surface area contributed by atoms with E-state index in [0.29, 0.717) is 19.8 Å². The van der Waals surface area contributed by atoms with E-state index >= 15 is 0 Å². The van der Waals surface area contributed by atoms with E-state index in [1.165, 1.54) is 5.56 Å². The highest BCUT2D eigenvalue weighted by atomic mass is 16.5. The van der Waals surface area contributed by atoms with E-state index in [-0.39, 0.29) is 5.41 Å². The van der Waals surface area contributed by atoms with Crippen LogP contribution in [-0.4, -0.2) is 55.5 Å². The summed E-state index contributed by atoms with van der Waals surface area (Å²) in [6.07, 6.45) is 1.46. The van der Waals surface area contributed by atoms with Crippen molar-refractivity contribution < 1.29 is 9.84 Å². The average Bonchev–Trinajstić information content (AvgIpc) is 2.47. The van der Waals surface area contributed by atoms with Gasteiger partial charge >= 0.3 is 0 Å². The van der Waals surface area contributed by atoms with Gasteiger partial charge in [-0.15, -0.1) is 0 Å². The number of ether oxygens (including phenoxy) is 1. The van der Waals surface area contributed by atoms with Crippen LogP contribution in [0.25, 0.3) is 0 Å². The standard InChI is InChI=1S/C19H32N2O2/c1-18(2,14-20-15-19(22)9-11-23-12-10-19)16-21(3)13-17-7-5-4-6-8-17/h4-8,20,22H,9-16H2,1-3H3. The molecule has 130 valence electrons. The molecule has 1 aromatic carbocycles. The van der Waals surface area contributed by atoms with Crippen LogP contribution in [0.1, 0.15) is 32.3 Å². The van der Waals surface area contributed by atoms with Gasteiger partial charge in [0.25, 0.3) is 0 Å². The SMILES string of the molecule is CN(Cc1ccccc1)CC(C)(C)CNCC1(O)CCOCC1. The Bertz CT molecular complexity index is 456. The number of nitrogens with zero attached hydrogens (tertiary/aromatic N) is 1. The molecule has 0 bridgehead atoms. The highest BCUT2D eigenvalue weighted by Crippen LogP contribution is 2.21. The first kappa shape index (κ1) is 18.4. The molecule has 4 heteroatoms. The Kier molecular flexibility index (Phi) is 6.60. The highest BCUT2D eigenvalue weighted by Gasteiger charge is 2.30. The van der Waals surface area contributed by atoms with Gasteiger partial charge in [-0.25, -0.2) is 0 Å². The summed E-state index contributed by atoms with van der Waals surface area (Å²) >= 11 is 0. The molecule has 0 aliphatic carbocycles. The van der Waals surface area contributed by atoms with Gasteiger partial charge in [0.2, 0.25) is 0 Å². The van der Waals surface area contributed by atoms with Crippen molar-refractivity contribution in [2.75, 3.05) is 39.9 Å². The summed E-state index contributed by atoms with van der Waals surface area (Å²) in [5.74, 6) is 0. The molecule has 0 spiro atoms. The monoisotopic (exact) mass is 320 g/mol. The molecule has 0 radical (unpaired) electrons. The molecule has 1 fully saturated rings. The quantitative estimate of drug-likeness (QED) is 0.771. The van der Waals surface area contributed by atoms with Crippen LogP contribution in [0.3, 0.4) is 0 Å². The van der Waals surface area contributed by atoms with E-state index in [4.69, 9.17) is 4.74 Å². The molecule has 0 aromatic heterocycles. The topological polar surface area (TPSA) is 44.7 Å². The number of hydrogen-bond donors (Lipinski definition) is 2. The van der Waals surface area contributed by atoms with E-state index in [9.17, 15) is 5.11 Å². The van der Waals surface area contributed by atoms with Gasteiger partial charge in [-0.1, -0.05) is 44.2 Å². The van der Waals surface area contributed by atoms with Gasteiger partial charge in [0.1, 0.15) is 0 Å². The molecule has 0 amide bonds. The van der Waals surface area contributed by atoms with Crippen LogP contribution in [0.2, 0.25) is 0 Å². The molecule has 4 nitrogen and oxygen atoms in total. The zero-order valence-corrected chi connectivity index (χ0v) is 14.8. The number of nitrogens with one attached hydrogen (secondary N) is 1. The zero-order chi connectivity index (χ0) is 16.8. The number of benzene rings is 1. The summed E-state index contributed by atoms with van der Waals surface area (Å²) in [6, 6.07) is 10.6. The summed E-state index contributed by atoms with van der Waals surface area (Å²) in [5.41, 5.74) is 0.908. The van der Waals surface area contributed by atoms with Gasteiger partial charge in [0, 0.05) is 52.2 Å². The Labute approximate surface area is 140 Å². The lowest BCUT2D eigenvalue weighted by atomic mass is 9.90. The lowest BCUT2D eigenvalue weighted by molar-refractivity contribution is -0.0624. The maximum absolute atomic E-state index is 10.5. The highest BCUT2D eigenvalue weighted by molar-refractivity contribution is 5.14. The summed E-state index contributed by atoms with van der Waals surface area (Å²) in [4.78, 5) is 2.36. The predicted octanol–water partition coefficient (Wildman–Crippen LogP) is 2.28. The fourth-order valence-corrected chi connectivity index (χ4v) is 3.30. The molecule has 0 saturated carbocycles. The Hall–Kier alpha value is -0.940. The second-order valence-corrected chi connectivity index (χ2v) is 7.76. The first-order valence-electron chi connectivity index (χ1n) is 8.62. The third-order valence-electron chi connectivity index (χ3n) is 4.47. The number of hydrogen-bond acceptors (Lipinski definition) is 4. The minimum Gasteiger partial charge on any atom is -0.388 e. The second-order valence-electron chi connectivity index (χ2n) is 7.76. The molecular formula is C19H32N2O2. The van der Waals surface area contributed by atoms with Crippen LogP contribution in [0.15, 0.2) is 30.3 Å². The Morgan fingerprint density at radius 2 is 1.87 bits per heavy atom. The molecule has 1 heterocycles. The molecule has 1 aromatic rings. The van der Waals surface area contributed by atoms with Crippen LogP contribution < -0.4 is 5.32 Å². The van der Waals surface area contributed by atoms with Crippen LogP contribution in [0.4, 0.5) is 0 Å². The maximum atomic E-state index is 10.5. The molecule has 23 heavy (non-hydrogen) atoms. The minimum atomic E-state index is -0.593. The van der Waals surface area contributed by atoms with Crippen LogP contribution in [0, 0.1) is 5.41 Å². The van der Waals surface area contributed by atoms with Crippen molar-refractivity contribution >= 4 is 0 Å². The van der Waals surface area contributed by atoms with Crippen molar-refractivity contribution in [1.82, 2.24) is 10.2 Å². The van der Waals surface area contributed by atoms with E-state index in [0.717, 1.165) is 32.5 Å². The van der Waals surface area contributed by atoms with Gasteiger partial charge < -0.3 is 20.1 Å². The molecule has 1 saturated heterocycles. The van der Waals surface area contributed by atoms with Crippen molar-refractivity contribution in [3.8, 4) is 0 Å². The van der Waals surface area contributed by atoms with Gasteiger partial charge in [-0.3, -0.25) is 0 Å². The molecule has 1 aliphatic rings. The van der Waals surface area contributed by atoms with Gasteiger partial charge in [0.05, 0.1) is 5.60 Å². The molecular weight excluding hydrogens is 288 g/mol. The van der Waals surface area contributed by atoms with E-state index in [1.54, 1.807) is 0 Å². The summed E-state index contributed by atoms with van der Waals surface area (Å²) < 4.78 is 5.33. The fraction of sp³-hybridized carbons (Fsp3) is 0.684. The van der Waals surface area contributed by atoms with E-state index in [1.807, 2.05) is 0 Å². The first-order valence-corrected chi connectivity index (χ1v) is 8.62. The molecule has 1 aliphatic heterocycles. The largest absolute Gasteiger partial charge is 0.388 e. The smallest absolute Gasteiger partial charge is 0.0815 e. The van der Waals surface area contributed by atoms with Crippen molar-refractivity contribution in [2.24, 2.45) is 5.41 Å². The molecule has 0 unspecified atom stereocenters. The lowest BCUT2D eigenvalue weighted by Gasteiger charge is -2.35. The van der Waals surface area contributed by atoms with Crippen molar-refractivity contribution in [3.63, 3.8) is 0 Å². The first-order chi connectivity index (χ1) is 10.9. The normalized spacial score (nSPS) is 18.3. The Morgan fingerprint density at radius 1 is 1.22 bits per heavy atom. The van der Waals surface area contributed by atoms with Crippen LogP contribution in [-0.2, 0) is 11.3 Å². The van der Waals surface area contributed by atoms with Gasteiger partial charge in [-0.05, 0) is 18.0 Å². The van der Waals surface area contributed by atoms with Gasteiger partial charge in [0.15, 0.2) is 0 Å². The Morgan fingerprint density at radius 3 is 2.52 bits per heavy atom. The Balaban J connectivity index is 1.72. The van der Waals surface area contributed by atoms with Crippen molar-refractivity contribution in [1.29, 1.82) is 0 Å². The van der Waals surface area contributed by atoms with E-state index < -0.39 is 5.60 Å². The number of rotatable bonds is 8. The van der Waals surface area contributed by atoms with Crippen LogP contribution in [0.5, 0.6) is 0 Å². The predicted molar refractivity (Wildman–Crippen MR) is 94.4 cm³/mol. The number of aliphatic hydroxyl groups is 1. The maximum Gasteiger partial charge on any atom is 0.0815 e. The third kappa shape index (κ3) is 6.60. The van der Waals surface area contributed by atoms with Crippen molar-refractivity contribution in [3.05, 3.63) is 35.9 Å². The van der Waals surface area contributed by atoms with Crippen molar-refractivity contribution in [2.45, 2.75) is 38.8 Å². The molecule has 2 N–H and O–H groups in total. The third-order valence-corrected chi connectivity index (χ3v) is 4.47. The summed E-state index contributed by atoms with van der Waals surface area (Å²) in [7, 11) is 2.17. The fourth-order valence-electron chi connectivity index (χ4n) is 3.30. The second kappa shape index (κ2) is 8.25. The summed E-state index contributed by atoms with van der Waals surface area (Å²) in [6.45, 7) is 9.41. The minimum absolute atomic E-state index is 0.158. The average molecular weight is 320 g/mol. The summed E-state index contributed by atoms with van der Waals surface area (Å²) in [5, 5.41) is 14.0. The lowest BCUT2D eigenvalue weighted by Crippen LogP contribution is -2.48. The molecule has 0 atom stereocenters.